The molecule has 0 atom stereocenters. The highest BCUT2D eigenvalue weighted by Gasteiger charge is 2.00. The fourth-order valence-corrected chi connectivity index (χ4v) is 1.46. The molecule has 0 fully saturated rings. The van der Waals surface area contributed by atoms with E-state index in [-0.39, 0.29) is 6.61 Å². The molecular formula is C13H14N2O2. The van der Waals surface area contributed by atoms with E-state index in [4.69, 9.17) is 15.6 Å². The minimum Gasteiger partial charge on any atom is -0.439 e. The summed E-state index contributed by atoms with van der Waals surface area (Å²) in [4.78, 5) is 4.10. The smallest absolute Gasteiger partial charge is 0.219 e. The first-order chi connectivity index (χ1) is 8.31. The van der Waals surface area contributed by atoms with Crippen molar-refractivity contribution < 1.29 is 9.84 Å². The lowest BCUT2D eigenvalue weighted by molar-refractivity contribution is 0.281. The van der Waals surface area contributed by atoms with Gasteiger partial charge in [-0.3, -0.25) is 0 Å². The first kappa shape index (κ1) is 11.6. The normalized spacial score (nSPS) is 10.2. The number of ether oxygens (including phenoxy) is 1. The van der Waals surface area contributed by atoms with E-state index in [9.17, 15) is 0 Å². The third-order valence-corrected chi connectivity index (χ3v) is 2.34. The van der Waals surface area contributed by atoms with Crippen molar-refractivity contribution in [3.8, 4) is 11.6 Å². The summed E-state index contributed by atoms with van der Waals surface area (Å²) in [5.74, 6) is 1.15. The number of nitrogens with zero attached hydrogens (tertiary/aromatic N) is 1. The zero-order valence-corrected chi connectivity index (χ0v) is 9.34. The van der Waals surface area contributed by atoms with E-state index in [2.05, 4.69) is 4.98 Å². The van der Waals surface area contributed by atoms with Gasteiger partial charge >= 0.3 is 0 Å². The Morgan fingerprint density at radius 3 is 2.82 bits per heavy atom. The van der Waals surface area contributed by atoms with Crippen molar-refractivity contribution in [1.82, 2.24) is 4.98 Å². The second kappa shape index (κ2) is 5.43. The van der Waals surface area contributed by atoms with Crippen LogP contribution in [0.1, 0.15) is 11.1 Å². The number of aliphatic hydroxyl groups excluding tert-OH is 1. The Morgan fingerprint density at radius 2 is 2.06 bits per heavy atom. The fourth-order valence-electron chi connectivity index (χ4n) is 1.46. The van der Waals surface area contributed by atoms with Crippen LogP contribution in [-0.4, -0.2) is 10.1 Å². The number of benzene rings is 1. The molecule has 1 aromatic carbocycles. The SMILES string of the molecule is NCc1ccnc(Oc2cccc(CO)c2)c1. The zero-order chi connectivity index (χ0) is 12.1. The molecule has 0 bridgehead atoms. The third-order valence-electron chi connectivity index (χ3n) is 2.34. The van der Waals surface area contributed by atoms with Crippen molar-refractivity contribution >= 4 is 0 Å². The molecule has 0 aliphatic heterocycles. The van der Waals surface area contributed by atoms with Crippen LogP contribution in [0.3, 0.4) is 0 Å². The van der Waals surface area contributed by atoms with Gasteiger partial charge in [0.15, 0.2) is 0 Å². The van der Waals surface area contributed by atoms with Crippen molar-refractivity contribution in [1.29, 1.82) is 0 Å². The second-order valence-corrected chi connectivity index (χ2v) is 3.61. The van der Waals surface area contributed by atoms with Gasteiger partial charge in [-0.2, -0.15) is 0 Å². The minimum absolute atomic E-state index is 0.00648. The fraction of sp³-hybridized carbons (Fsp3) is 0.154. The maximum absolute atomic E-state index is 9.02. The summed E-state index contributed by atoms with van der Waals surface area (Å²) in [6.07, 6.45) is 1.66. The summed E-state index contributed by atoms with van der Waals surface area (Å²) in [5.41, 5.74) is 7.31. The molecule has 3 N–H and O–H groups in total. The Hall–Kier alpha value is -1.91. The predicted molar refractivity (Wildman–Crippen MR) is 64.6 cm³/mol. The summed E-state index contributed by atoms with van der Waals surface area (Å²) in [6, 6.07) is 10.9. The van der Waals surface area contributed by atoms with Crippen LogP contribution in [0.25, 0.3) is 0 Å². The van der Waals surface area contributed by atoms with Gasteiger partial charge in [0.05, 0.1) is 6.61 Å². The third kappa shape index (κ3) is 3.03. The topological polar surface area (TPSA) is 68.4 Å². The van der Waals surface area contributed by atoms with Crippen LogP contribution in [-0.2, 0) is 13.2 Å². The summed E-state index contributed by atoms with van der Waals surface area (Å²) in [6.45, 7) is 0.447. The van der Waals surface area contributed by atoms with Gasteiger partial charge in [-0.25, -0.2) is 4.98 Å². The van der Waals surface area contributed by atoms with Crippen molar-refractivity contribution in [2.24, 2.45) is 5.73 Å². The molecule has 2 rings (SSSR count). The van der Waals surface area contributed by atoms with Gasteiger partial charge in [0.1, 0.15) is 5.75 Å². The summed E-state index contributed by atoms with van der Waals surface area (Å²) < 4.78 is 5.59. The summed E-state index contributed by atoms with van der Waals surface area (Å²) >= 11 is 0. The van der Waals surface area contributed by atoms with Crippen LogP contribution < -0.4 is 10.5 Å². The Balaban J connectivity index is 2.18. The summed E-state index contributed by atoms with van der Waals surface area (Å²) in [7, 11) is 0. The molecule has 17 heavy (non-hydrogen) atoms. The van der Waals surface area contributed by atoms with E-state index in [0.717, 1.165) is 11.1 Å². The Morgan fingerprint density at radius 1 is 1.18 bits per heavy atom. The molecule has 0 aliphatic rings. The lowest BCUT2D eigenvalue weighted by Crippen LogP contribution is -1.97. The molecule has 88 valence electrons. The molecule has 1 heterocycles. The van der Waals surface area contributed by atoms with Crippen LogP contribution in [0.15, 0.2) is 42.6 Å². The summed E-state index contributed by atoms with van der Waals surface area (Å²) in [5, 5.41) is 9.02. The quantitative estimate of drug-likeness (QED) is 0.840. The molecule has 2 aromatic rings. The van der Waals surface area contributed by atoms with E-state index in [0.29, 0.717) is 18.2 Å². The highest BCUT2D eigenvalue weighted by molar-refractivity contribution is 5.32. The van der Waals surface area contributed by atoms with Crippen LogP contribution in [0, 0.1) is 0 Å². The van der Waals surface area contributed by atoms with Crippen LogP contribution in [0.5, 0.6) is 11.6 Å². The minimum atomic E-state index is -0.00648. The lowest BCUT2D eigenvalue weighted by atomic mass is 10.2. The Bertz CT molecular complexity index is 455. The van der Waals surface area contributed by atoms with E-state index >= 15 is 0 Å². The monoisotopic (exact) mass is 230 g/mol. The van der Waals surface area contributed by atoms with E-state index < -0.39 is 0 Å². The molecule has 0 saturated carbocycles. The van der Waals surface area contributed by atoms with Crippen molar-refractivity contribution in [2.45, 2.75) is 13.2 Å². The van der Waals surface area contributed by atoms with Crippen molar-refractivity contribution in [3.05, 3.63) is 53.7 Å². The molecule has 0 aliphatic carbocycles. The van der Waals surface area contributed by atoms with Crippen molar-refractivity contribution in [3.63, 3.8) is 0 Å². The number of rotatable bonds is 4. The number of nitrogens with two attached hydrogens (primary N) is 1. The van der Waals surface area contributed by atoms with Crippen LogP contribution in [0.2, 0.25) is 0 Å². The average Bonchev–Trinajstić information content (AvgIpc) is 2.39. The number of pyridine rings is 1. The molecule has 4 nitrogen and oxygen atoms in total. The Kier molecular flexibility index (Phi) is 3.69. The van der Waals surface area contributed by atoms with Crippen molar-refractivity contribution in [2.75, 3.05) is 0 Å². The first-order valence-electron chi connectivity index (χ1n) is 5.34. The van der Waals surface area contributed by atoms with Gasteiger partial charge in [0, 0.05) is 18.8 Å². The highest BCUT2D eigenvalue weighted by Crippen LogP contribution is 2.21. The largest absolute Gasteiger partial charge is 0.439 e. The zero-order valence-electron chi connectivity index (χ0n) is 9.34. The molecule has 1 aromatic heterocycles. The number of aliphatic hydroxyl groups is 1. The van der Waals surface area contributed by atoms with Gasteiger partial charge < -0.3 is 15.6 Å². The van der Waals surface area contributed by atoms with Crippen LogP contribution >= 0.6 is 0 Å². The maximum atomic E-state index is 9.02. The number of aromatic nitrogens is 1. The molecule has 4 heteroatoms. The molecule has 0 amide bonds. The number of hydrogen-bond acceptors (Lipinski definition) is 4. The molecule has 0 spiro atoms. The van der Waals surface area contributed by atoms with E-state index in [1.54, 1.807) is 18.3 Å². The van der Waals surface area contributed by atoms with Crippen LogP contribution in [0.4, 0.5) is 0 Å². The standard InChI is InChI=1S/C13H14N2O2/c14-8-10-4-5-15-13(7-10)17-12-3-1-2-11(6-12)9-16/h1-7,16H,8-9,14H2. The average molecular weight is 230 g/mol. The lowest BCUT2D eigenvalue weighted by Gasteiger charge is -2.06. The maximum Gasteiger partial charge on any atom is 0.219 e. The molecule has 0 saturated heterocycles. The molecule has 0 unspecified atom stereocenters. The molecular weight excluding hydrogens is 216 g/mol. The van der Waals surface area contributed by atoms with Gasteiger partial charge in [0.2, 0.25) is 5.88 Å². The highest BCUT2D eigenvalue weighted by atomic mass is 16.5. The predicted octanol–water partition coefficient (Wildman–Crippen LogP) is 1.82. The van der Waals surface area contributed by atoms with Gasteiger partial charge in [-0.15, -0.1) is 0 Å². The molecule has 0 radical (unpaired) electrons. The number of hydrogen-bond donors (Lipinski definition) is 2. The van der Waals surface area contributed by atoms with E-state index in [1.807, 2.05) is 24.3 Å². The first-order valence-corrected chi connectivity index (χ1v) is 5.34. The Labute approximate surface area is 99.7 Å². The van der Waals surface area contributed by atoms with Gasteiger partial charge in [-0.05, 0) is 29.3 Å². The second-order valence-electron chi connectivity index (χ2n) is 3.61. The van der Waals surface area contributed by atoms with Gasteiger partial charge in [0.25, 0.3) is 0 Å². The van der Waals surface area contributed by atoms with E-state index in [1.165, 1.54) is 0 Å². The van der Waals surface area contributed by atoms with Gasteiger partial charge in [-0.1, -0.05) is 12.1 Å².